The van der Waals surface area contributed by atoms with Crippen LogP contribution in [0.5, 0.6) is 0 Å². The molecule has 0 radical (unpaired) electrons. The van der Waals surface area contributed by atoms with Gasteiger partial charge in [0.1, 0.15) is 0 Å². The Bertz CT molecular complexity index is 277. The first-order valence-corrected chi connectivity index (χ1v) is 6.54. The van der Waals surface area contributed by atoms with E-state index in [2.05, 4.69) is 48.3 Å². The highest BCUT2D eigenvalue weighted by Crippen LogP contribution is 2.19. The van der Waals surface area contributed by atoms with E-state index in [-0.39, 0.29) is 0 Å². The lowest BCUT2D eigenvalue weighted by Crippen LogP contribution is -2.00. The third kappa shape index (κ3) is 7.67. The van der Waals surface area contributed by atoms with Crippen LogP contribution in [-0.2, 0) is 12.8 Å². The van der Waals surface area contributed by atoms with E-state index in [1.807, 2.05) is 0 Å². The van der Waals surface area contributed by atoms with Gasteiger partial charge in [0.15, 0.2) is 0 Å². The Morgan fingerprint density at radius 1 is 0.882 bits per heavy atom. The van der Waals surface area contributed by atoms with Crippen LogP contribution in [0.2, 0.25) is 0 Å². The van der Waals surface area contributed by atoms with Gasteiger partial charge in [0.25, 0.3) is 0 Å². The van der Waals surface area contributed by atoms with E-state index in [4.69, 9.17) is 0 Å². The van der Waals surface area contributed by atoms with E-state index < -0.39 is 0 Å². The molecule has 0 heterocycles. The number of benzene rings is 1. The lowest BCUT2D eigenvalue weighted by atomic mass is 9.92. The van der Waals surface area contributed by atoms with Crippen molar-refractivity contribution >= 4 is 0 Å². The van der Waals surface area contributed by atoms with Gasteiger partial charge in [-0.05, 0) is 36.8 Å². The van der Waals surface area contributed by atoms with Crippen molar-refractivity contribution in [1.82, 2.24) is 0 Å². The molecule has 1 aromatic carbocycles. The summed E-state index contributed by atoms with van der Waals surface area (Å²) in [6.45, 7) is 4.25. The molecule has 2 nitrogen and oxygen atoms in total. The lowest BCUT2D eigenvalue weighted by Gasteiger charge is -2.13. The summed E-state index contributed by atoms with van der Waals surface area (Å²) < 4.78 is 0. The van der Waals surface area contributed by atoms with Gasteiger partial charge in [-0.25, -0.2) is 0 Å². The Labute approximate surface area is 106 Å². The third-order valence-corrected chi connectivity index (χ3v) is 2.46. The van der Waals surface area contributed by atoms with Crippen LogP contribution in [0.25, 0.3) is 0 Å². The molecule has 0 saturated heterocycles. The van der Waals surface area contributed by atoms with Gasteiger partial charge in [0.05, 0.1) is 0 Å². The van der Waals surface area contributed by atoms with Crippen LogP contribution >= 0.6 is 0 Å². The number of azo groups is 1. The Balaban J connectivity index is 0.000000311. The van der Waals surface area contributed by atoms with Crippen LogP contribution in [0, 0.1) is 0 Å². The summed E-state index contributed by atoms with van der Waals surface area (Å²) in [6.07, 6.45) is 6.63. The van der Waals surface area contributed by atoms with E-state index in [1.165, 1.54) is 32.1 Å². The van der Waals surface area contributed by atoms with E-state index in [9.17, 15) is 0 Å². The number of hydrogen-bond acceptors (Lipinski definition) is 2. The summed E-state index contributed by atoms with van der Waals surface area (Å²) in [5.41, 5.74) is 3.16. The molecule has 0 aliphatic heterocycles. The molecule has 0 atom stereocenters. The molecule has 0 aromatic heterocycles. The highest BCUT2D eigenvalue weighted by Gasteiger charge is 2.05. The van der Waals surface area contributed by atoms with E-state index >= 15 is 0 Å². The predicted molar refractivity (Wildman–Crippen MR) is 75.8 cm³/mol. The van der Waals surface area contributed by atoms with Crippen molar-refractivity contribution in [1.29, 1.82) is 0 Å². The van der Waals surface area contributed by atoms with Crippen molar-refractivity contribution in [2.45, 2.75) is 46.0 Å². The summed E-state index contributed by atoms with van der Waals surface area (Å²) >= 11 is 0. The van der Waals surface area contributed by atoms with Crippen molar-refractivity contribution < 1.29 is 0 Å². The van der Waals surface area contributed by atoms with E-state index in [0.29, 0.717) is 0 Å². The fraction of sp³-hybridized carbons (Fsp3) is 0.600. The number of fused-ring (bicyclic) bond motifs is 1. The van der Waals surface area contributed by atoms with Gasteiger partial charge in [0, 0.05) is 14.1 Å². The van der Waals surface area contributed by atoms with Gasteiger partial charge in [0.2, 0.25) is 0 Å². The quantitative estimate of drug-likeness (QED) is 0.582. The summed E-state index contributed by atoms with van der Waals surface area (Å²) in [5.74, 6) is 0. The van der Waals surface area contributed by atoms with Crippen LogP contribution in [0.15, 0.2) is 34.5 Å². The minimum absolute atomic E-state index is 1.25. The molecule has 1 aliphatic carbocycles. The minimum Gasteiger partial charge on any atom is -0.198 e. The van der Waals surface area contributed by atoms with Gasteiger partial charge >= 0.3 is 0 Å². The summed E-state index contributed by atoms with van der Waals surface area (Å²) in [7, 11) is 3.28. The molecule has 0 saturated carbocycles. The van der Waals surface area contributed by atoms with Crippen LogP contribution in [-0.4, -0.2) is 14.1 Å². The smallest absolute Gasteiger partial charge is 0.0487 e. The summed E-state index contributed by atoms with van der Waals surface area (Å²) in [5, 5.41) is 6.72. The molecule has 1 aromatic rings. The van der Waals surface area contributed by atoms with Crippen LogP contribution in [0.3, 0.4) is 0 Å². The fourth-order valence-electron chi connectivity index (χ4n) is 1.68. The molecule has 2 heteroatoms. The summed E-state index contributed by atoms with van der Waals surface area (Å²) in [6, 6.07) is 8.80. The SMILES string of the molecule is CCC.CN=NC.c1ccc2c(c1)CCCC2. The molecule has 2 rings (SSSR count). The van der Waals surface area contributed by atoms with Gasteiger partial charge in [-0.2, -0.15) is 10.2 Å². The highest BCUT2D eigenvalue weighted by molar-refractivity contribution is 5.28. The first-order valence-electron chi connectivity index (χ1n) is 6.54. The topological polar surface area (TPSA) is 24.7 Å². The van der Waals surface area contributed by atoms with Crippen molar-refractivity contribution in [2.75, 3.05) is 14.1 Å². The van der Waals surface area contributed by atoms with Crippen molar-refractivity contribution in [3.05, 3.63) is 35.4 Å². The number of aryl methyl sites for hydroxylation is 2. The Hall–Kier alpha value is -1.18. The summed E-state index contributed by atoms with van der Waals surface area (Å²) in [4.78, 5) is 0. The Morgan fingerprint density at radius 3 is 1.53 bits per heavy atom. The molecule has 0 bridgehead atoms. The number of nitrogens with zero attached hydrogens (tertiary/aromatic N) is 2. The van der Waals surface area contributed by atoms with Crippen LogP contribution < -0.4 is 0 Å². The van der Waals surface area contributed by atoms with Crippen molar-refractivity contribution in [3.63, 3.8) is 0 Å². The Morgan fingerprint density at radius 2 is 1.24 bits per heavy atom. The average Bonchev–Trinajstić information content (AvgIpc) is 2.40. The molecule has 0 spiro atoms. The highest BCUT2D eigenvalue weighted by atomic mass is 15.0. The van der Waals surface area contributed by atoms with Gasteiger partial charge in [-0.3, -0.25) is 0 Å². The standard InChI is InChI=1S/C10H12.C3H8.C2H6N2/c1-2-6-10-8-4-3-7-9(10)5-1;1-3-2;1-3-4-2/h1-2,5-6H,3-4,7-8H2;3H2,1-2H3;1-2H3. The first-order chi connectivity index (χ1) is 8.29. The predicted octanol–water partition coefficient (Wildman–Crippen LogP) is 4.68. The molecular formula is C15H26N2. The average molecular weight is 234 g/mol. The second-order valence-corrected chi connectivity index (χ2v) is 4.08. The molecule has 0 fully saturated rings. The normalized spacial score (nSPS) is 12.9. The maximum absolute atomic E-state index is 3.36. The maximum atomic E-state index is 3.36. The van der Waals surface area contributed by atoms with Crippen LogP contribution in [0.4, 0.5) is 0 Å². The largest absolute Gasteiger partial charge is 0.198 e. The second kappa shape index (κ2) is 11.3. The second-order valence-electron chi connectivity index (χ2n) is 4.08. The molecule has 1 aliphatic rings. The molecule has 0 unspecified atom stereocenters. The molecule has 0 N–H and O–H groups in total. The zero-order chi connectivity index (χ0) is 12.9. The molecular weight excluding hydrogens is 208 g/mol. The monoisotopic (exact) mass is 234 g/mol. The van der Waals surface area contributed by atoms with E-state index in [1.54, 1.807) is 25.2 Å². The van der Waals surface area contributed by atoms with Gasteiger partial charge in [-0.15, -0.1) is 0 Å². The maximum Gasteiger partial charge on any atom is 0.0487 e. The van der Waals surface area contributed by atoms with Gasteiger partial charge in [-0.1, -0.05) is 44.5 Å². The molecule has 96 valence electrons. The van der Waals surface area contributed by atoms with E-state index in [0.717, 1.165) is 0 Å². The van der Waals surface area contributed by atoms with Gasteiger partial charge < -0.3 is 0 Å². The fourth-order valence-corrected chi connectivity index (χ4v) is 1.68. The first kappa shape index (κ1) is 15.8. The van der Waals surface area contributed by atoms with Crippen molar-refractivity contribution in [3.8, 4) is 0 Å². The number of hydrogen-bond donors (Lipinski definition) is 0. The van der Waals surface area contributed by atoms with Crippen molar-refractivity contribution in [2.24, 2.45) is 10.2 Å². The molecule has 0 amide bonds. The number of rotatable bonds is 0. The zero-order valence-electron chi connectivity index (χ0n) is 11.7. The zero-order valence-corrected chi connectivity index (χ0v) is 11.7. The third-order valence-electron chi connectivity index (χ3n) is 2.46. The minimum atomic E-state index is 1.25. The molecule has 17 heavy (non-hydrogen) atoms. The lowest BCUT2D eigenvalue weighted by molar-refractivity contribution is 0.685. The van der Waals surface area contributed by atoms with Crippen LogP contribution in [0.1, 0.15) is 44.2 Å². The Kier molecular flexibility index (Phi) is 10.5.